The normalized spacial score (nSPS) is 28.9. The minimum atomic E-state index is -0.408. The molecule has 5 nitrogen and oxygen atoms in total. The van der Waals surface area contributed by atoms with E-state index in [1.54, 1.807) is 0 Å². The Morgan fingerprint density at radius 1 is 1.29 bits per heavy atom. The highest BCUT2D eigenvalue weighted by atomic mass is 16.6. The molecule has 2 N–H and O–H groups in total. The van der Waals surface area contributed by atoms with Gasteiger partial charge in [-0.1, -0.05) is 0 Å². The number of hydrogen-bond donors (Lipinski definition) is 2. The molecular formula is C16H29N3O2. The quantitative estimate of drug-likeness (QED) is 0.816. The van der Waals surface area contributed by atoms with Crippen LogP contribution >= 0.6 is 0 Å². The van der Waals surface area contributed by atoms with Crippen molar-refractivity contribution >= 4 is 6.09 Å². The molecule has 1 unspecified atom stereocenters. The third kappa shape index (κ3) is 3.19. The van der Waals surface area contributed by atoms with E-state index in [1.165, 1.54) is 6.42 Å². The van der Waals surface area contributed by atoms with E-state index < -0.39 is 5.60 Å². The van der Waals surface area contributed by atoms with Crippen LogP contribution < -0.4 is 10.6 Å². The molecule has 0 bridgehead atoms. The maximum absolute atomic E-state index is 12.5. The molecule has 21 heavy (non-hydrogen) atoms. The third-order valence-corrected chi connectivity index (χ3v) is 5.05. The number of nitrogens with one attached hydrogen (secondary N) is 2. The minimum absolute atomic E-state index is 0.0649. The lowest BCUT2D eigenvalue weighted by Crippen LogP contribution is -2.66. The Balaban J connectivity index is 1.62. The summed E-state index contributed by atoms with van der Waals surface area (Å²) in [5.74, 6) is 0. The average molecular weight is 295 g/mol. The molecule has 3 rings (SSSR count). The van der Waals surface area contributed by atoms with Gasteiger partial charge in [-0.15, -0.1) is 0 Å². The number of likely N-dealkylation sites (tertiary alicyclic amines) is 1. The minimum Gasteiger partial charge on any atom is -0.444 e. The van der Waals surface area contributed by atoms with Gasteiger partial charge in [-0.2, -0.15) is 0 Å². The van der Waals surface area contributed by atoms with Crippen molar-refractivity contribution in [1.82, 2.24) is 15.5 Å². The standard InChI is InChI=1S/C16H29N3O2/c1-15(2,3)21-14(20)19-8-5-12(18-13-10-17-11-13)9-16(19)6-4-7-16/h12-13,17-18H,4-11H2,1-3H3. The highest BCUT2D eigenvalue weighted by Crippen LogP contribution is 2.45. The van der Waals surface area contributed by atoms with Crippen molar-refractivity contribution in [2.24, 2.45) is 0 Å². The van der Waals surface area contributed by atoms with Gasteiger partial charge >= 0.3 is 6.09 Å². The van der Waals surface area contributed by atoms with Crippen LogP contribution in [0.15, 0.2) is 0 Å². The van der Waals surface area contributed by atoms with E-state index in [9.17, 15) is 4.79 Å². The third-order valence-electron chi connectivity index (χ3n) is 5.05. The molecule has 1 spiro atoms. The van der Waals surface area contributed by atoms with Crippen molar-refractivity contribution in [3.05, 3.63) is 0 Å². The van der Waals surface area contributed by atoms with Gasteiger partial charge < -0.3 is 20.3 Å². The van der Waals surface area contributed by atoms with E-state index in [0.29, 0.717) is 12.1 Å². The molecule has 1 amide bonds. The first-order valence-corrected chi connectivity index (χ1v) is 8.35. The van der Waals surface area contributed by atoms with Crippen LogP contribution in [0.3, 0.4) is 0 Å². The average Bonchev–Trinajstić information content (AvgIpc) is 2.29. The Labute approximate surface area is 127 Å². The second kappa shape index (κ2) is 5.43. The van der Waals surface area contributed by atoms with E-state index in [0.717, 1.165) is 45.3 Å². The van der Waals surface area contributed by atoms with Crippen molar-refractivity contribution in [3.8, 4) is 0 Å². The monoisotopic (exact) mass is 295 g/mol. The van der Waals surface area contributed by atoms with Gasteiger partial charge in [-0.3, -0.25) is 0 Å². The molecule has 1 atom stereocenters. The number of amides is 1. The number of rotatable bonds is 2. The predicted molar refractivity (Wildman–Crippen MR) is 82.3 cm³/mol. The van der Waals surface area contributed by atoms with Crippen molar-refractivity contribution in [2.45, 2.75) is 76.1 Å². The Morgan fingerprint density at radius 3 is 2.48 bits per heavy atom. The summed E-state index contributed by atoms with van der Waals surface area (Å²) in [7, 11) is 0. The van der Waals surface area contributed by atoms with Gasteiger partial charge in [0.2, 0.25) is 0 Å². The first-order valence-electron chi connectivity index (χ1n) is 8.35. The van der Waals surface area contributed by atoms with Crippen LogP contribution in [0.4, 0.5) is 4.79 Å². The second-order valence-corrected chi connectivity index (χ2v) is 7.92. The summed E-state index contributed by atoms with van der Waals surface area (Å²) in [5, 5.41) is 7.05. The van der Waals surface area contributed by atoms with Gasteiger partial charge in [0.05, 0.1) is 0 Å². The summed E-state index contributed by atoms with van der Waals surface area (Å²) >= 11 is 0. The Morgan fingerprint density at radius 2 is 2.00 bits per heavy atom. The van der Waals surface area contributed by atoms with Crippen LogP contribution in [0.5, 0.6) is 0 Å². The molecule has 0 aromatic carbocycles. The molecule has 1 aliphatic carbocycles. The van der Waals surface area contributed by atoms with Crippen LogP contribution in [0.1, 0.15) is 52.9 Å². The summed E-state index contributed by atoms with van der Waals surface area (Å²) in [5.41, 5.74) is -0.343. The first-order chi connectivity index (χ1) is 9.88. The SMILES string of the molecule is CC(C)(C)OC(=O)N1CCC(NC2CNC2)CC12CCC2. The number of piperidine rings is 1. The molecule has 0 aromatic rings. The molecule has 1 saturated carbocycles. The second-order valence-electron chi connectivity index (χ2n) is 7.92. The fraction of sp³-hybridized carbons (Fsp3) is 0.938. The molecular weight excluding hydrogens is 266 g/mol. The van der Waals surface area contributed by atoms with Crippen LogP contribution in [0, 0.1) is 0 Å². The Kier molecular flexibility index (Phi) is 3.91. The number of carbonyl (C=O) groups excluding carboxylic acids is 1. The van der Waals surface area contributed by atoms with Crippen molar-refractivity contribution in [1.29, 1.82) is 0 Å². The van der Waals surface area contributed by atoms with Crippen molar-refractivity contribution in [3.63, 3.8) is 0 Å². The van der Waals surface area contributed by atoms with Crippen LogP contribution in [-0.4, -0.2) is 53.9 Å². The lowest BCUT2D eigenvalue weighted by Gasteiger charge is -2.55. The molecule has 2 aliphatic heterocycles. The summed E-state index contributed by atoms with van der Waals surface area (Å²) in [6.45, 7) is 8.81. The van der Waals surface area contributed by atoms with E-state index in [2.05, 4.69) is 10.6 Å². The lowest BCUT2D eigenvalue weighted by molar-refractivity contribution is -0.0505. The van der Waals surface area contributed by atoms with Crippen molar-refractivity contribution in [2.75, 3.05) is 19.6 Å². The molecule has 5 heteroatoms. The molecule has 2 heterocycles. The fourth-order valence-electron chi connectivity index (χ4n) is 3.74. The summed E-state index contributed by atoms with van der Waals surface area (Å²) in [6, 6.07) is 1.18. The molecule has 2 saturated heterocycles. The van der Waals surface area contributed by atoms with Crippen LogP contribution in [0.2, 0.25) is 0 Å². The van der Waals surface area contributed by atoms with Gasteiger partial charge in [-0.05, 0) is 52.9 Å². The van der Waals surface area contributed by atoms with Gasteiger partial charge in [0.25, 0.3) is 0 Å². The van der Waals surface area contributed by atoms with Gasteiger partial charge in [0, 0.05) is 37.3 Å². The van der Waals surface area contributed by atoms with Gasteiger partial charge in [0.1, 0.15) is 5.60 Å². The molecule has 3 fully saturated rings. The number of nitrogens with zero attached hydrogens (tertiary/aromatic N) is 1. The van der Waals surface area contributed by atoms with Gasteiger partial charge in [-0.25, -0.2) is 4.79 Å². The summed E-state index contributed by atoms with van der Waals surface area (Å²) in [4.78, 5) is 14.5. The Bertz CT molecular complexity index is 397. The van der Waals surface area contributed by atoms with Gasteiger partial charge in [0.15, 0.2) is 0 Å². The molecule has 0 aromatic heterocycles. The Hall–Kier alpha value is -0.810. The first kappa shape index (κ1) is 15.1. The van der Waals surface area contributed by atoms with Crippen molar-refractivity contribution < 1.29 is 9.53 Å². The zero-order chi connectivity index (χ0) is 15.1. The van der Waals surface area contributed by atoms with E-state index >= 15 is 0 Å². The lowest BCUT2D eigenvalue weighted by atomic mass is 9.69. The maximum atomic E-state index is 12.5. The molecule has 120 valence electrons. The highest BCUT2D eigenvalue weighted by Gasteiger charge is 2.50. The van der Waals surface area contributed by atoms with E-state index in [4.69, 9.17) is 4.74 Å². The summed E-state index contributed by atoms with van der Waals surface area (Å²) < 4.78 is 5.61. The smallest absolute Gasteiger partial charge is 0.410 e. The maximum Gasteiger partial charge on any atom is 0.410 e. The van der Waals surface area contributed by atoms with Crippen LogP contribution in [0.25, 0.3) is 0 Å². The topological polar surface area (TPSA) is 53.6 Å². The van der Waals surface area contributed by atoms with E-state index in [1.807, 2.05) is 25.7 Å². The predicted octanol–water partition coefficient (Wildman–Crippen LogP) is 1.87. The fourth-order valence-corrected chi connectivity index (χ4v) is 3.74. The zero-order valence-electron chi connectivity index (χ0n) is 13.6. The largest absolute Gasteiger partial charge is 0.444 e. The number of ether oxygens (including phenoxy) is 1. The molecule has 3 aliphatic rings. The number of hydrogen-bond acceptors (Lipinski definition) is 4. The summed E-state index contributed by atoms with van der Waals surface area (Å²) in [6.07, 6.45) is 5.50. The van der Waals surface area contributed by atoms with Crippen LogP contribution in [-0.2, 0) is 4.74 Å². The van der Waals surface area contributed by atoms with E-state index in [-0.39, 0.29) is 11.6 Å². The number of carbonyl (C=O) groups is 1. The molecule has 0 radical (unpaired) electrons. The highest BCUT2D eigenvalue weighted by molar-refractivity contribution is 5.69. The zero-order valence-corrected chi connectivity index (χ0v) is 13.6.